The first-order chi connectivity index (χ1) is 13.3. The number of nitrogens with zero attached hydrogens (tertiary/aromatic N) is 4. The van der Waals surface area contributed by atoms with Crippen LogP contribution in [0, 0.1) is 12.7 Å². The maximum Gasteiger partial charge on any atom is 0.256 e. The Morgan fingerprint density at radius 1 is 1.43 bits per heavy atom. The van der Waals surface area contributed by atoms with Crippen molar-refractivity contribution < 1.29 is 23.7 Å². The number of aryl methyl sites for hydroxylation is 1. The highest BCUT2D eigenvalue weighted by Gasteiger charge is 2.43. The van der Waals surface area contributed by atoms with E-state index in [-0.39, 0.29) is 13.1 Å². The largest absolute Gasteiger partial charge is 0.497 e. The maximum absolute atomic E-state index is 14.2. The lowest BCUT2D eigenvalue weighted by Gasteiger charge is -2.40. The third-order valence-electron chi connectivity index (χ3n) is 5.02. The van der Waals surface area contributed by atoms with Crippen molar-refractivity contribution in [2.75, 3.05) is 27.2 Å². The number of carbonyl (C=O) groups excluding carboxylic acids is 1. The van der Waals surface area contributed by atoms with Crippen molar-refractivity contribution in [3.05, 3.63) is 41.0 Å². The number of aromatic nitrogens is 2. The van der Waals surface area contributed by atoms with Gasteiger partial charge in [0.2, 0.25) is 0 Å². The minimum atomic E-state index is -1.53. The van der Waals surface area contributed by atoms with E-state index in [1.165, 1.54) is 24.1 Å². The molecule has 2 heterocycles. The monoisotopic (exact) mass is 392 g/mol. The number of halogens is 1. The van der Waals surface area contributed by atoms with E-state index < -0.39 is 17.3 Å². The standard InChI is InChI=1S/C19H25FN4O4/c1-13-17(22-28-21-13)11-23(2)12-19(26)7-4-8-24(18(19)25)10-14-9-15(27-3)5-6-16(14)20/h5-6,9,26H,4,7-8,10-12H2,1-3H3/t19-/m0/s1. The Morgan fingerprint density at radius 2 is 2.21 bits per heavy atom. The van der Waals surface area contributed by atoms with E-state index in [2.05, 4.69) is 14.9 Å². The molecule has 1 aliphatic rings. The molecule has 1 N–H and O–H groups in total. The van der Waals surface area contributed by atoms with Crippen LogP contribution in [0.25, 0.3) is 0 Å². The van der Waals surface area contributed by atoms with E-state index >= 15 is 0 Å². The number of hydrogen-bond donors (Lipinski definition) is 1. The number of carbonyl (C=O) groups is 1. The highest BCUT2D eigenvalue weighted by molar-refractivity contribution is 5.86. The van der Waals surface area contributed by atoms with Gasteiger partial charge in [-0.2, -0.15) is 0 Å². The summed E-state index contributed by atoms with van der Waals surface area (Å²) in [6, 6.07) is 4.42. The van der Waals surface area contributed by atoms with Gasteiger partial charge < -0.3 is 14.7 Å². The van der Waals surface area contributed by atoms with Gasteiger partial charge in [0, 0.05) is 31.7 Å². The molecule has 0 aliphatic carbocycles. The Bertz CT molecular complexity index is 843. The second-order valence-corrected chi connectivity index (χ2v) is 7.29. The molecule has 0 spiro atoms. The number of aliphatic hydroxyl groups is 1. The molecule has 152 valence electrons. The number of piperidine rings is 1. The zero-order chi connectivity index (χ0) is 20.3. The van der Waals surface area contributed by atoms with E-state index in [4.69, 9.17) is 4.74 Å². The molecule has 1 saturated heterocycles. The number of likely N-dealkylation sites (tertiary alicyclic amines) is 1. The third-order valence-corrected chi connectivity index (χ3v) is 5.02. The quantitative estimate of drug-likeness (QED) is 0.764. The molecule has 0 radical (unpaired) electrons. The van der Waals surface area contributed by atoms with Gasteiger partial charge in [0.15, 0.2) is 5.60 Å². The number of amides is 1. The van der Waals surface area contributed by atoms with Crippen LogP contribution in [-0.4, -0.2) is 64.0 Å². The molecule has 3 rings (SSSR count). The SMILES string of the molecule is COc1ccc(F)c(CN2CCC[C@](O)(CN(C)Cc3nonc3C)C2=O)c1. The lowest BCUT2D eigenvalue weighted by molar-refractivity contribution is -0.160. The molecule has 1 amide bonds. The summed E-state index contributed by atoms with van der Waals surface area (Å²) in [6.07, 6.45) is 0.982. The third kappa shape index (κ3) is 4.31. The second-order valence-electron chi connectivity index (χ2n) is 7.29. The summed E-state index contributed by atoms with van der Waals surface area (Å²) in [4.78, 5) is 16.3. The summed E-state index contributed by atoms with van der Waals surface area (Å²) >= 11 is 0. The van der Waals surface area contributed by atoms with Crippen LogP contribution in [0.5, 0.6) is 5.75 Å². The van der Waals surface area contributed by atoms with Gasteiger partial charge in [-0.3, -0.25) is 9.69 Å². The highest BCUT2D eigenvalue weighted by atomic mass is 19.1. The van der Waals surface area contributed by atoms with E-state index in [1.54, 1.807) is 24.9 Å². The van der Waals surface area contributed by atoms with Crippen molar-refractivity contribution in [1.82, 2.24) is 20.1 Å². The normalized spacial score (nSPS) is 20.1. The van der Waals surface area contributed by atoms with Gasteiger partial charge in [0.05, 0.1) is 7.11 Å². The van der Waals surface area contributed by atoms with Gasteiger partial charge in [-0.05, 0) is 45.0 Å². The van der Waals surface area contributed by atoms with Crippen molar-refractivity contribution in [2.45, 2.75) is 38.5 Å². The first kappa shape index (κ1) is 20.2. The lowest BCUT2D eigenvalue weighted by atomic mass is 9.90. The fraction of sp³-hybridized carbons (Fsp3) is 0.526. The van der Waals surface area contributed by atoms with Crippen LogP contribution in [0.2, 0.25) is 0 Å². The number of rotatable bonds is 7. The fourth-order valence-corrected chi connectivity index (χ4v) is 3.52. The molecule has 2 aromatic rings. The Kier molecular flexibility index (Phi) is 5.95. The summed E-state index contributed by atoms with van der Waals surface area (Å²) < 4.78 is 24.0. The van der Waals surface area contributed by atoms with Gasteiger partial charge in [-0.15, -0.1) is 0 Å². The molecule has 1 aliphatic heterocycles. The predicted octanol–water partition coefficient (Wildman–Crippen LogP) is 1.51. The van der Waals surface area contributed by atoms with Gasteiger partial charge >= 0.3 is 0 Å². The van der Waals surface area contributed by atoms with Crippen LogP contribution in [0.15, 0.2) is 22.8 Å². The summed E-state index contributed by atoms with van der Waals surface area (Å²) in [6.45, 7) is 2.86. The zero-order valence-electron chi connectivity index (χ0n) is 16.3. The second kappa shape index (κ2) is 8.24. The van der Waals surface area contributed by atoms with Gasteiger partial charge in [0.25, 0.3) is 5.91 Å². The van der Waals surface area contributed by atoms with Crippen LogP contribution in [0.4, 0.5) is 4.39 Å². The van der Waals surface area contributed by atoms with E-state index in [0.29, 0.717) is 48.6 Å². The average Bonchev–Trinajstić information content (AvgIpc) is 3.05. The van der Waals surface area contributed by atoms with Crippen LogP contribution < -0.4 is 4.74 Å². The summed E-state index contributed by atoms with van der Waals surface area (Å²) in [5, 5.41) is 18.6. The Balaban J connectivity index is 1.69. The average molecular weight is 392 g/mol. The van der Waals surface area contributed by atoms with Gasteiger partial charge in [-0.25, -0.2) is 9.02 Å². The smallest absolute Gasteiger partial charge is 0.256 e. The number of benzene rings is 1. The van der Waals surface area contributed by atoms with E-state index in [0.717, 1.165) is 0 Å². The first-order valence-corrected chi connectivity index (χ1v) is 9.13. The molecule has 0 saturated carbocycles. The Hall–Kier alpha value is -2.52. The molecule has 1 aromatic carbocycles. The minimum Gasteiger partial charge on any atom is -0.497 e. The molecule has 9 heteroatoms. The van der Waals surface area contributed by atoms with Gasteiger partial charge in [-0.1, -0.05) is 10.3 Å². The van der Waals surface area contributed by atoms with Crippen LogP contribution >= 0.6 is 0 Å². The zero-order valence-corrected chi connectivity index (χ0v) is 16.3. The molecule has 8 nitrogen and oxygen atoms in total. The molecule has 28 heavy (non-hydrogen) atoms. The lowest BCUT2D eigenvalue weighted by Crippen LogP contribution is -2.57. The van der Waals surface area contributed by atoms with Gasteiger partial charge in [0.1, 0.15) is 23.0 Å². The molecule has 1 aromatic heterocycles. The van der Waals surface area contributed by atoms with Crippen molar-refractivity contribution in [3.8, 4) is 5.75 Å². The summed E-state index contributed by atoms with van der Waals surface area (Å²) in [7, 11) is 3.30. The molecular formula is C19H25FN4O4. The van der Waals surface area contributed by atoms with E-state index in [9.17, 15) is 14.3 Å². The van der Waals surface area contributed by atoms with Crippen molar-refractivity contribution in [3.63, 3.8) is 0 Å². The summed E-state index contributed by atoms with van der Waals surface area (Å²) in [5.41, 5.74) is 0.149. The van der Waals surface area contributed by atoms with Crippen LogP contribution in [0.3, 0.4) is 0 Å². The van der Waals surface area contributed by atoms with Crippen LogP contribution in [-0.2, 0) is 17.9 Å². The molecular weight excluding hydrogens is 367 g/mol. The van der Waals surface area contributed by atoms with Crippen molar-refractivity contribution in [1.29, 1.82) is 0 Å². The Morgan fingerprint density at radius 3 is 2.89 bits per heavy atom. The molecule has 0 unspecified atom stereocenters. The molecule has 1 fully saturated rings. The number of ether oxygens (including phenoxy) is 1. The minimum absolute atomic E-state index is 0.0835. The first-order valence-electron chi connectivity index (χ1n) is 9.13. The van der Waals surface area contributed by atoms with Crippen molar-refractivity contribution >= 4 is 5.91 Å². The fourth-order valence-electron chi connectivity index (χ4n) is 3.52. The maximum atomic E-state index is 14.2. The topological polar surface area (TPSA) is 91.9 Å². The van der Waals surface area contributed by atoms with Crippen LogP contribution in [0.1, 0.15) is 29.8 Å². The number of methoxy groups -OCH3 is 1. The predicted molar refractivity (Wildman–Crippen MR) is 97.9 cm³/mol. The summed E-state index contributed by atoms with van der Waals surface area (Å²) in [5.74, 6) is -0.288. The number of hydrogen-bond acceptors (Lipinski definition) is 7. The van der Waals surface area contributed by atoms with Crippen molar-refractivity contribution in [2.24, 2.45) is 0 Å². The molecule has 0 bridgehead atoms. The highest BCUT2D eigenvalue weighted by Crippen LogP contribution is 2.27. The Labute approximate surface area is 162 Å². The molecule has 1 atom stereocenters. The van der Waals surface area contributed by atoms with E-state index in [1.807, 2.05) is 0 Å². The number of likely N-dealkylation sites (N-methyl/N-ethyl adjacent to an activating group) is 1.